The minimum Gasteiger partial charge on any atom is -0.478 e. The van der Waals surface area contributed by atoms with Crippen LogP contribution in [0.15, 0.2) is 24.4 Å². The topological polar surface area (TPSA) is 75.4 Å². The van der Waals surface area contributed by atoms with Gasteiger partial charge in [0, 0.05) is 12.2 Å². The molecular weight excluding hydrogens is 339 g/mol. The highest BCUT2D eigenvalue weighted by molar-refractivity contribution is 6.11. The fourth-order valence-electron chi connectivity index (χ4n) is 2.97. The number of fused-ring (bicyclic) bond motifs is 1. The second-order valence-corrected chi connectivity index (χ2v) is 5.92. The molecule has 6 nitrogen and oxygen atoms in total. The van der Waals surface area contributed by atoms with Gasteiger partial charge in [0.25, 0.3) is 5.91 Å². The van der Waals surface area contributed by atoms with E-state index < -0.39 is 23.6 Å². The number of hydrogen-bond acceptors (Lipinski definition) is 3. The number of hydrogen-bond donors (Lipinski definition) is 1. The van der Waals surface area contributed by atoms with Crippen LogP contribution in [0, 0.1) is 6.92 Å². The van der Waals surface area contributed by atoms with Gasteiger partial charge < -0.3 is 10.0 Å². The number of carboxylic acid groups (broad SMARTS) is 1. The van der Waals surface area contributed by atoms with Gasteiger partial charge in [-0.1, -0.05) is 0 Å². The Morgan fingerprint density at radius 2 is 2.04 bits per heavy atom. The fourth-order valence-corrected chi connectivity index (χ4v) is 2.97. The number of carbonyl (C=O) groups excluding carboxylic acids is 1. The number of halogens is 3. The quantitative estimate of drug-likeness (QED) is 0.900. The van der Waals surface area contributed by atoms with Crippen molar-refractivity contribution >= 4 is 17.6 Å². The number of alkyl halides is 3. The van der Waals surface area contributed by atoms with Crippen molar-refractivity contribution in [2.24, 2.45) is 0 Å². The largest absolute Gasteiger partial charge is 0.478 e. The van der Waals surface area contributed by atoms with Gasteiger partial charge in [-0.2, -0.15) is 18.3 Å². The van der Waals surface area contributed by atoms with Crippen LogP contribution in [0.1, 0.15) is 44.9 Å². The second-order valence-electron chi connectivity index (χ2n) is 5.92. The van der Waals surface area contributed by atoms with E-state index in [0.717, 1.165) is 12.3 Å². The maximum atomic E-state index is 12.9. The molecule has 1 N–H and O–H groups in total. The Bertz CT molecular complexity index is 873. The van der Waals surface area contributed by atoms with Crippen LogP contribution in [0.5, 0.6) is 0 Å². The molecule has 9 heteroatoms. The average molecular weight is 353 g/mol. The van der Waals surface area contributed by atoms with Gasteiger partial charge in [0.2, 0.25) is 0 Å². The molecular formula is C16H14F3N3O3. The molecule has 3 rings (SSSR count). The number of aryl methyl sites for hydroxylation is 1. The number of carbonyl (C=O) groups is 2. The number of benzene rings is 1. The molecule has 1 aliphatic heterocycles. The van der Waals surface area contributed by atoms with E-state index in [0.29, 0.717) is 0 Å². The Kier molecular flexibility index (Phi) is 3.81. The maximum Gasteiger partial charge on any atom is 0.416 e. The van der Waals surface area contributed by atoms with Gasteiger partial charge >= 0.3 is 12.1 Å². The highest BCUT2D eigenvalue weighted by Gasteiger charge is 2.36. The van der Waals surface area contributed by atoms with Gasteiger partial charge in [-0.25, -0.2) is 4.79 Å². The first-order chi connectivity index (χ1) is 11.6. The Morgan fingerprint density at radius 3 is 2.60 bits per heavy atom. The maximum absolute atomic E-state index is 12.9. The van der Waals surface area contributed by atoms with Crippen molar-refractivity contribution in [3.05, 3.63) is 46.8 Å². The summed E-state index contributed by atoms with van der Waals surface area (Å²) in [6.07, 6.45) is -3.37. The van der Waals surface area contributed by atoms with Crippen LogP contribution in [0.3, 0.4) is 0 Å². The van der Waals surface area contributed by atoms with Crippen molar-refractivity contribution in [2.45, 2.75) is 26.1 Å². The van der Waals surface area contributed by atoms with Gasteiger partial charge in [0.15, 0.2) is 0 Å². The number of anilines is 1. The molecule has 0 saturated heterocycles. The summed E-state index contributed by atoms with van der Waals surface area (Å²) in [6.45, 7) is 3.24. The average Bonchev–Trinajstić information content (AvgIpc) is 2.95. The highest BCUT2D eigenvalue weighted by atomic mass is 19.4. The van der Waals surface area contributed by atoms with E-state index >= 15 is 0 Å². The SMILES string of the molecule is Cc1cc(N2C[C@H](C)n3ncc(C(=O)O)c3C2=O)ccc1C(F)(F)F. The van der Waals surface area contributed by atoms with Crippen molar-refractivity contribution in [3.8, 4) is 0 Å². The van der Waals surface area contributed by atoms with Gasteiger partial charge in [-0.3, -0.25) is 9.48 Å². The van der Waals surface area contributed by atoms with Crippen LogP contribution in [-0.4, -0.2) is 33.3 Å². The molecule has 132 valence electrons. The predicted molar refractivity (Wildman–Crippen MR) is 81.8 cm³/mol. The van der Waals surface area contributed by atoms with Crippen LogP contribution < -0.4 is 4.90 Å². The lowest BCUT2D eigenvalue weighted by Crippen LogP contribution is -2.43. The first kappa shape index (κ1) is 17.0. The van der Waals surface area contributed by atoms with Gasteiger partial charge in [0.1, 0.15) is 11.3 Å². The molecule has 0 bridgehead atoms. The van der Waals surface area contributed by atoms with Crippen molar-refractivity contribution in [2.75, 3.05) is 11.4 Å². The Hall–Kier alpha value is -2.84. The van der Waals surface area contributed by atoms with Gasteiger partial charge in [-0.05, 0) is 37.6 Å². The van der Waals surface area contributed by atoms with Gasteiger partial charge in [-0.15, -0.1) is 0 Å². The van der Waals surface area contributed by atoms with Crippen LogP contribution in [-0.2, 0) is 6.18 Å². The summed E-state index contributed by atoms with van der Waals surface area (Å²) in [4.78, 5) is 25.3. The zero-order valence-corrected chi connectivity index (χ0v) is 13.3. The van der Waals surface area contributed by atoms with E-state index in [-0.39, 0.29) is 35.1 Å². The minimum absolute atomic E-state index is 0.0111. The van der Waals surface area contributed by atoms with E-state index in [1.165, 1.54) is 28.6 Å². The lowest BCUT2D eigenvalue weighted by Gasteiger charge is -2.32. The van der Waals surface area contributed by atoms with Crippen molar-refractivity contribution in [1.29, 1.82) is 0 Å². The molecule has 1 amide bonds. The lowest BCUT2D eigenvalue weighted by molar-refractivity contribution is -0.138. The molecule has 0 saturated carbocycles. The molecule has 0 fully saturated rings. The summed E-state index contributed by atoms with van der Waals surface area (Å²) in [6, 6.07) is 3.10. The third-order valence-electron chi connectivity index (χ3n) is 4.16. The van der Waals surface area contributed by atoms with Crippen molar-refractivity contribution < 1.29 is 27.9 Å². The molecule has 1 aliphatic rings. The van der Waals surface area contributed by atoms with Crippen LogP contribution >= 0.6 is 0 Å². The molecule has 1 aromatic carbocycles. The molecule has 0 radical (unpaired) electrons. The van der Waals surface area contributed by atoms with E-state index in [1.807, 2.05) is 0 Å². The minimum atomic E-state index is -4.48. The predicted octanol–water partition coefficient (Wildman–Crippen LogP) is 3.13. The number of aromatic nitrogens is 2. The zero-order chi connectivity index (χ0) is 18.5. The monoisotopic (exact) mass is 353 g/mol. The van der Waals surface area contributed by atoms with E-state index in [1.54, 1.807) is 6.92 Å². The molecule has 1 aromatic heterocycles. The Morgan fingerprint density at radius 1 is 1.36 bits per heavy atom. The van der Waals surface area contributed by atoms with Crippen molar-refractivity contribution in [3.63, 3.8) is 0 Å². The fraction of sp³-hybridized carbons (Fsp3) is 0.312. The van der Waals surface area contributed by atoms with E-state index in [2.05, 4.69) is 5.10 Å². The van der Waals surface area contributed by atoms with Crippen molar-refractivity contribution in [1.82, 2.24) is 9.78 Å². The standard InChI is InChI=1S/C16H14F3N3O3/c1-8-5-10(3-4-12(8)16(17,18)19)21-7-9(2)22-13(14(21)23)11(6-20-22)15(24)25/h3-6,9H,7H2,1-2H3,(H,24,25)/t9-/m0/s1. The first-order valence-corrected chi connectivity index (χ1v) is 7.41. The molecule has 25 heavy (non-hydrogen) atoms. The summed E-state index contributed by atoms with van der Waals surface area (Å²) in [5.41, 5.74) is -0.812. The van der Waals surface area contributed by atoms with Crippen LogP contribution in [0.4, 0.5) is 18.9 Å². The number of nitrogens with zero attached hydrogens (tertiary/aromatic N) is 3. The number of rotatable bonds is 2. The Labute approximate surface area is 140 Å². The third kappa shape index (κ3) is 2.75. The molecule has 2 heterocycles. The molecule has 0 unspecified atom stereocenters. The molecule has 2 aromatic rings. The first-order valence-electron chi connectivity index (χ1n) is 7.41. The number of carboxylic acids is 1. The summed E-state index contributed by atoms with van der Waals surface area (Å²) >= 11 is 0. The summed E-state index contributed by atoms with van der Waals surface area (Å²) in [7, 11) is 0. The zero-order valence-electron chi connectivity index (χ0n) is 13.3. The van der Waals surface area contributed by atoms with Gasteiger partial charge in [0.05, 0.1) is 17.8 Å². The summed E-state index contributed by atoms with van der Waals surface area (Å²) in [5.74, 6) is -1.89. The second kappa shape index (κ2) is 5.61. The number of amides is 1. The lowest BCUT2D eigenvalue weighted by atomic mass is 10.0. The Balaban J connectivity index is 2.05. The molecule has 1 atom stereocenters. The smallest absolute Gasteiger partial charge is 0.416 e. The molecule has 0 aliphatic carbocycles. The van der Waals surface area contributed by atoms with E-state index in [4.69, 9.17) is 0 Å². The number of aromatic carboxylic acids is 1. The highest BCUT2D eigenvalue weighted by Crippen LogP contribution is 2.35. The summed E-state index contributed by atoms with van der Waals surface area (Å²) in [5, 5.41) is 13.2. The van der Waals surface area contributed by atoms with Crippen LogP contribution in [0.2, 0.25) is 0 Å². The molecule has 0 spiro atoms. The van der Waals surface area contributed by atoms with E-state index in [9.17, 15) is 27.9 Å². The summed E-state index contributed by atoms with van der Waals surface area (Å²) < 4.78 is 40.0. The normalized spacial score (nSPS) is 17.6. The van der Waals surface area contributed by atoms with Crippen LogP contribution in [0.25, 0.3) is 0 Å². The third-order valence-corrected chi connectivity index (χ3v) is 4.16.